The predicted molar refractivity (Wildman–Crippen MR) is 97.7 cm³/mol. The second-order valence-corrected chi connectivity index (χ2v) is 7.05. The minimum Gasteiger partial charge on any atom is -0.506 e. The molecule has 108 valence electrons. The lowest BCUT2D eigenvalue weighted by atomic mass is 10.2. The van der Waals surface area contributed by atoms with Gasteiger partial charge in [-0.3, -0.25) is 4.79 Å². The summed E-state index contributed by atoms with van der Waals surface area (Å²) in [6.07, 6.45) is 1.38. The van der Waals surface area contributed by atoms with Crippen molar-refractivity contribution in [2.24, 2.45) is 5.10 Å². The van der Waals surface area contributed by atoms with Crippen molar-refractivity contribution in [3.05, 3.63) is 60.0 Å². The fourth-order valence-corrected chi connectivity index (χ4v) is 3.13. The van der Waals surface area contributed by atoms with Gasteiger partial charge in [0, 0.05) is 19.2 Å². The van der Waals surface area contributed by atoms with Crippen LogP contribution in [-0.4, -0.2) is 17.2 Å². The summed E-state index contributed by atoms with van der Waals surface area (Å²) < 4.78 is 2.39. The number of nitrogens with one attached hydrogen (secondary N) is 1. The summed E-state index contributed by atoms with van der Waals surface area (Å²) in [5.74, 6) is -0.248. The molecule has 0 aliphatic rings. The summed E-state index contributed by atoms with van der Waals surface area (Å²) in [5.41, 5.74) is 3.43. The molecule has 7 heteroatoms. The summed E-state index contributed by atoms with van der Waals surface area (Å²) in [4.78, 5) is 11.9. The van der Waals surface area contributed by atoms with Gasteiger partial charge in [0.1, 0.15) is 5.75 Å². The molecule has 0 radical (unpaired) electrons. The second-order valence-electron chi connectivity index (χ2n) is 4.03. The van der Waals surface area contributed by atoms with Gasteiger partial charge in [-0.05, 0) is 74.9 Å². The number of phenolic OH excluding ortho intramolecular Hbond substituents is 1. The van der Waals surface area contributed by atoms with Crippen LogP contribution >= 0.6 is 54.5 Å². The van der Waals surface area contributed by atoms with Crippen LogP contribution in [-0.2, 0) is 0 Å². The van der Waals surface area contributed by atoms with Crippen LogP contribution in [0.25, 0.3) is 0 Å². The quantitative estimate of drug-likeness (QED) is 0.358. The van der Waals surface area contributed by atoms with Gasteiger partial charge < -0.3 is 5.11 Å². The van der Waals surface area contributed by atoms with Crippen LogP contribution in [0.15, 0.2) is 50.4 Å². The first-order chi connectivity index (χ1) is 9.97. The van der Waals surface area contributed by atoms with E-state index in [2.05, 4.69) is 65.0 Å². The average Bonchev–Trinajstić information content (AvgIpc) is 2.44. The van der Waals surface area contributed by atoms with Crippen LogP contribution < -0.4 is 5.43 Å². The largest absolute Gasteiger partial charge is 0.506 e. The maximum absolute atomic E-state index is 11.9. The molecule has 0 fully saturated rings. The van der Waals surface area contributed by atoms with Crippen molar-refractivity contribution in [1.29, 1.82) is 0 Å². The first kappa shape index (κ1) is 16.4. The molecule has 21 heavy (non-hydrogen) atoms. The molecule has 0 aromatic heterocycles. The Bertz CT molecular complexity index is 703. The van der Waals surface area contributed by atoms with Crippen LogP contribution in [0, 0.1) is 3.57 Å². The number of hydrazone groups is 1. The van der Waals surface area contributed by atoms with Gasteiger partial charge in [0.2, 0.25) is 0 Å². The smallest absolute Gasteiger partial charge is 0.271 e. The van der Waals surface area contributed by atoms with Gasteiger partial charge >= 0.3 is 0 Å². The molecule has 0 aliphatic heterocycles. The molecular formula is C14H9Br2IN2O2. The van der Waals surface area contributed by atoms with Crippen LogP contribution in [0.1, 0.15) is 15.9 Å². The number of halogens is 3. The van der Waals surface area contributed by atoms with Crippen molar-refractivity contribution in [1.82, 2.24) is 5.43 Å². The van der Waals surface area contributed by atoms with E-state index in [0.717, 1.165) is 8.04 Å². The van der Waals surface area contributed by atoms with Crippen molar-refractivity contribution < 1.29 is 9.90 Å². The van der Waals surface area contributed by atoms with E-state index in [4.69, 9.17) is 0 Å². The van der Waals surface area contributed by atoms with E-state index < -0.39 is 0 Å². The van der Waals surface area contributed by atoms with E-state index in [9.17, 15) is 9.90 Å². The Labute approximate surface area is 152 Å². The third kappa shape index (κ3) is 4.52. The molecule has 4 nitrogen and oxygen atoms in total. The number of hydrogen-bond donors (Lipinski definition) is 2. The maximum Gasteiger partial charge on any atom is 0.271 e. The number of phenols is 1. The summed E-state index contributed by atoms with van der Waals surface area (Å²) in [6.45, 7) is 0. The Morgan fingerprint density at radius 3 is 2.57 bits per heavy atom. The Kier molecular flexibility index (Phi) is 5.77. The first-order valence-electron chi connectivity index (χ1n) is 5.74. The molecular weight excluding hydrogens is 515 g/mol. The molecule has 0 unspecified atom stereocenters. The molecule has 0 bridgehead atoms. The van der Waals surface area contributed by atoms with E-state index >= 15 is 0 Å². The van der Waals surface area contributed by atoms with E-state index in [1.54, 1.807) is 24.3 Å². The van der Waals surface area contributed by atoms with E-state index in [1.165, 1.54) is 6.21 Å². The third-order valence-electron chi connectivity index (χ3n) is 2.53. The highest BCUT2D eigenvalue weighted by molar-refractivity contribution is 14.1. The molecule has 0 saturated carbocycles. The normalized spacial score (nSPS) is 10.8. The maximum atomic E-state index is 11.9. The number of hydrogen-bond acceptors (Lipinski definition) is 3. The number of amides is 1. The lowest BCUT2D eigenvalue weighted by Crippen LogP contribution is -2.17. The zero-order valence-corrected chi connectivity index (χ0v) is 15.8. The third-order valence-corrected chi connectivity index (χ3v) is 4.32. The van der Waals surface area contributed by atoms with Crippen molar-refractivity contribution in [2.45, 2.75) is 0 Å². The van der Waals surface area contributed by atoms with Gasteiger partial charge in [-0.2, -0.15) is 5.10 Å². The molecule has 0 aliphatic carbocycles. The molecule has 2 aromatic rings. The predicted octanol–water partition coefficient (Wildman–Crippen LogP) is 4.29. The summed E-state index contributed by atoms with van der Waals surface area (Å²) in [6, 6.07) is 10.5. The van der Waals surface area contributed by atoms with Crippen molar-refractivity contribution in [2.75, 3.05) is 0 Å². The first-order valence-corrected chi connectivity index (χ1v) is 8.41. The van der Waals surface area contributed by atoms with E-state index in [1.807, 2.05) is 12.1 Å². The fourth-order valence-electron chi connectivity index (χ4n) is 1.51. The zero-order valence-electron chi connectivity index (χ0n) is 10.5. The Morgan fingerprint density at radius 1 is 1.24 bits per heavy atom. The van der Waals surface area contributed by atoms with Crippen molar-refractivity contribution in [3.8, 4) is 5.75 Å². The summed E-state index contributed by atoms with van der Waals surface area (Å²) >= 11 is 8.72. The van der Waals surface area contributed by atoms with E-state index in [-0.39, 0.29) is 11.7 Å². The lowest BCUT2D eigenvalue weighted by molar-refractivity contribution is 0.0955. The number of nitrogens with zero attached hydrogens (tertiary/aromatic N) is 1. The molecule has 0 spiro atoms. The standard InChI is InChI=1S/C14H9Br2IN2O2/c15-10-5-9(13(20)12(16)6-10)7-18-19-14(21)8-1-3-11(17)4-2-8/h1-7,20H,(H,19,21)/b18-7-. The number of aromatic hydroxyl groups is 1. The van der Waals surface area contributed by atoms with Gasteiger partial charge in [0.15, 0.2) is 0 Å². The number of benzene rings is 2. The molecule has 0 heterocycles. The van der Waals surface area contributed by atoms with Crippen LogP contribution in [0.2, 0.25) is 0 Å². The highest BCUT2D eigenvalue weighted by Crippen LogP contribution is 2.30. The summed E-state index contributed by atoms with van der Waals surface area (Å²) in [7, 11) is 0. The van der Waals surface area contributed by atoms with Crippen molar-refractivity contribution >= 4 is 66.6 Å². The molecule has 0 saturated heterocycles. The molecule has 0 atom stereocenters. The van der Waals surface area contributed by atoms with Gasteiger partial charge in [-0.1, -0.05) is 15.9 Å². The minimum atomic E-state index is -0.309. The second kappa shape index (κ2) is 7.37. The molecule has 2 N–H and O–H groups in total. The zero-order chi connectivity index (χ0) is 15.4. The van der Waals surface area contributed by atoms with E-state index in [0.29, 0.717) is 15.6 Å². The monoisotopic (exact) mass is 522 g/mol. The summed E-state index contributed by atoms with van der Waals surface area (Å²) in [5, 5.41) is 13.7. The van der Waals surface area contributed by atoms with Gasteiger partial charge in [-0.25, -0.2) is 5.43 Å². The Hall–Kier alpha value is -0.930. The average molecular weight is 524 g/mol. The number of carbonyl (C=O) groups excluding carboxylic acids is 1. The van der Waals surface area contributed by atoms with Crippen LogP contribution in [0.3, 0.4) is 0 Å². The Morgan fingerprint density at radius 2 is 1.90 bits per heavy atom. The molecule has 2 rings (SSSR count). The molecule has 1 amide bonds. The topological polar surface area (TPSA) is 61.7 Å². The highest BCUT2D eigenvalue weighted by Gasteiger charge is 2.06. The van der Waals surface area contributed by atoms with Gasteiger partial charge in [0.05, 0.1) is 10.7 Å². The number of rotatable bonds is 3. The Balaban J connectivity index is 2.09. The molecule has 2 aromatic carbocycles. The van der Waals surface area contributed by atoms with Crippen molar-refractivity contribution in [3.63, 3.8) is 0 Å². The van der Waals surface area contributed by atoms with Crippen LogP contribution in [0.4, 0.5) is 0 Å². The van der Waals surface area contributed by atoms with Gasteiger partial charge in [-0.15, -0.1) is 0 Å². The lowest BCUT2D eigenvalue weighted by Gasteiger charge is -2.03. The fraction of sp³-hybridized carbons (Fsp3) is 0. The van der Waals surface area contributed by atoms with Gasteiger partial charge in [0.25, 0.3) is 5.91 Å². The number of carbonyl (C=O) groups is 1. The minimum absolute atomic E-state index is 0.0606. The highest BCUT2D eigenvalue weighted by atomic mass is 127. The van der Waals surface area contributed by atoms with Crippen LogP contribution in [0.5, 0.6) is 5.75 Å². The SMILES string of the molecule is O=C(N/N=C\c1cc(Br)cc(Br)c1O)c1ccc(I)cc1.